The molecule has 0 aliphatic heterocycles. The molecule has 0 spiro atoms. The van der Waals surface area contributed by atoms with E-state index in [4.69, 9.17) is 0 Å². The molecule has 1 heterocycles. The molecule has 2 rings (SSSR count). The molecule has 8 heteroatoms. The van der Waals surface area contributed by atoms with Gasteiger partial charge < -0.3 is 4.90 Å². The van der Waals surface area contributed by atoms with Crippen molar-refractivity contribution in [2.75, 3.05) is 7.05 Å². The van der Waals surface area contributed by atoms with Gasteiger partial charge in [-0.15, -0.1) is 0 Å². The Hall–Kier alpha value is -2.22. The number of rotatable bonds is 5. The Balaban J connectivity index is 2.17. The summed E-state index contributed by atoms with van der Waals surface area (Å²) in [4.78, 5) is 24.4. The number of nitro groups is 1. The summed E-state index contributed by atoms with van der Waals surface area (Å²) in [5.41, 5.74) is 1.65. The van der Waals surface area contributed by atoms with Crippen LogP contribution in [0.4, 0.5) is 5.69 Å². The fourth-order valence-corrected chi connectivity index (χ4v) is 2.66. The summed E-state index contributed by atoms with van der Waals surface area (Å²) in [6, 6.07) is 4.37. The van der Waals surface area contributed by atoms with Gasteiger partial charge >= 0.3 is 0 Å². The maximum absolute atomic E-state index is 12.5. The second kappa shape index (κ2) is 6.91. The van der Waals surface area contributed by atoms with Gasteiger partial charge in [-0.25, -0.2) is 0 Å². The highest BCUT2D eigenvalue weighted by atomic mass is 79.9. The SMILES string of the molecule is CCn1cc(Br)c(CN(C)C(=O)c2ccc([N+](=O)[O-])c(C)c2)n1. The maximum atomic E-state index is 12.5. The number of nitro benzene ring substituents is 1. The number of benzene rings is 1. The molecule has 1 amide bonds. The number of halogens is 1. The van der Waals surface area contributed by atoms with Crippen molar-refractivity contribution in [3.05, 3.63) is 55.8 Å². The van der Waals surface area contributed by atoms with Crippen molar-refractivity contribution < 1.29 is 9.72 Å². The first kappa shape index (κ1) is 17.1. The summed E-state index contributed by atoms with van der Waals surface area (Å²) in [7, 11) is 1.68. The molecule has 0 aliphatic rings. The number of amides is 1. The van der Waals surface area contributed by atoms with E-state index in [1.807, 2.05) is 13.1 Å². The van der Waals surface area contributed by atoms with Gasteiger partial charge in [-0.05, 0) is 41.9 Å². The van der Waals surface area contributed by atoms with Crippen LogP contribution in [0.3, 0.4) is 0 Å². The minimum atomic E-state index is -0.457. The third kappa shape index (κ3) is 3.76. The molecule has 7 nitrogen and oxygen atoms in total. The second-order valence-corrected chi connectivity index (χ2v) is 6.05. The van der Waals surface area contributed by atoms with E-state index < -0.39 is 4.92 Å². The molecule has 0 bridgehead atoms. The van der Waals surface area contributed by atoms with Gasteiger partial charge in [-0.1, -0.05) is 0 Å². The highest BCUT2D eigenvalue weighted by Crippen LogP contribution is 2.21. The Morgan fingerprint density at radius 1 is 1.48 bits per heavy atom. The number of carbonyl (C=O) groups excluding carboxylic acids is 1. The third-order valence-electron chi connectivity index (χ3n) is 3.49. The molecule has 0 radical (unpaired) electrons. The second-order valence-electron chi connectivity index (χ2n) is 5.20. The topological polar surface area (TPSA) is 81.3 Å². The van der Waals surface area contributed by atoms with Crippen LogP contribution in [0, 0.1) is 17.0 Å². The predicted octanol–water partition coefficient (Wildman–Crippen LogP) is 3.15. The molecule has 0 saturated heterocycles. The average molecular weight is 381 g/mol. The van der Waals surface area contributed by atoms with E-state index in [0.717, 1.165) is 16.7 Å². The highest BCUT2D eigenvalue weighted by Gasteiger charge is 2.18. The van der Waals surface area contributed by atoms with Gasteiger partial charge in [0.2, 0.25) is 0 Å². The summed E-state index contributed by atoms with van der Waals surface area (Å²) >= 11 is 3.43. The van der Waals surface area contributed by atoms with Gasteiger partial charge in [0, 0.05) is 37.0 Å². The van der Waals surface area contributed by atoms with E-state index >= 15 is 0 Å². The molecule has 0 unspecified atom stereocenters. The summed E-state index contributed by atoms with van der Waals surface area (Å²) in [6.07, 6.45) is 1.86. The monoisotopic (exact) mass is 380 g/mol. The molecule has 0 aliphatic carbocycles. The Labute approximate surface area is 142 Å². The van der Waals surface area contributed by atoms with Gasteiger partial charge in [0.1, 0.15) is 0 Å². The third-order valence-corrected chi connectivity index (χ3v) is 4.15. The van der Waals surface area contributed by atoms with Crippen LogP contribution in [0.1, 0.15) is 28.5 Å². The van der Waals surface area contributed by atoms with Crippen molar-refractivity contribution in [2.45, 2.75) is 26.9 Å². The minimum absolute atomic E-state index is 0.00800. The van der Waals surface area contributed by atoms with Crippen LogP contribution in [-0.2, 0) is 13.1 Å². The molecule has 0 atom stereocenters. The molecule has 2 aromatic rings. The van der Waals surface area contributed by atoms with Crippen LogP contribution in [0.2, 0.25) is 0 Å². The minimum Gasteiger partial charge on any atom is -0.336 e. The predicted molar refractivity (Wildman–Crippen MR) is 89.2 cm³/mol. The van der Waals surface area contributed by atoms with Crippen LogP contribution in [-0.4, -0.2) is 32.6 Å². The number of hydrogen-bond acceptors (Lipinski definition) is 4. The van der Waals surface area contributed by atoms with E-state index in [-0.39, 0.29) is 11.6 Å². The standard InChI is InChI=1S/C15H17BrN4O3/c1-4-19-8-12(16)13(17-19)9-18(3)15(21)11-5-6-14(20(22)23)10(2)7-11/h5-8H,4,9H2,1-3H3. The molecule has 1 aromatic heterocycles. The Kier molecular flexibility index (Phi) is 5.15. The van der Waals surface area contributed by atoms with E-state index in [1.165, 1.54) is 23.1 Å². The zero-order valence-electron chi connectivity index (χ0n) is 13.1. The van der Waals surface area contributed by atoms with Crippen LogP contribution < -0.4 is 0 Å². The normalized spacial score (nSPS) is 10.6. The fraction of sp³-hybridized carbons (Fsp3) is 0.333. The van der Waals surface area contributed by atoms with Gasteiger partial charge in [0.15, 0.2) is 0 Å². The van der Waals surface area contributed by atoms with Crippen molar-refractivity contribution >= 4 is 27.5 Å². The van der Waals surface area contributed by atoms with Crippen molar-refractivity contribution in [2.24, 2.45) is 0 Å². The number of aromatic nitrogens is 2. The van der Waals surface area contributed by atoms with Crippen molar-refractivity contribution in [1.29, 1.82) is 0 Å². The first-order valence-corrected chi connectivity index (χ1v) is 7.85. The van der Waals surface area contributed by atoms with Crippen molar-refractivity contribution in [3.63, 3.8) is 0 Å². The lowest BCUT2D eigenvalue weighted by Crippen LogP contribution is -2.26. The Bertz CT molecular complexity index is 757. The zero-order valence-corrected chi connectivity index (χ0v) is 14.7. The first-order chi connectivity index (χ1) is 10.8. The van der Waals surface area contributed by atoms with Gasteiger partial charge in [0.05, 0.1) is 21.6 Å². The molecular weight excluding hydrogens is 364 g/mol. The highest BCUT2D eigenvalue weighted by molar-refractivity contribution is 9.10. The Morgan fingerprint density at radius 2 is 2.17 bits per heavy atom. The molecule has 122 valence electrons. The van der Waals surface area contributed by atoms with E-state index in [2.05, 4.69) is 21.0 Å². The number of carbonyl (C=O) groups is 1. The Morgan fingerprint density at radius 3 is 2.70 bits per heavy atom. The number of hydrogen-bond donors (Lipinski definition) is 0. The first-order valence-electron chi connectivity index (χ1n) is 7.05. The zero-order chi connectivity index (χ0) is 17.1. The lowest BCUT2D eigenvalue weighted by atomic mass is 10.1. The fourth-order valence-electron chi connectivity index (χ4n) is 2.22. The lowest BCUT2D eigenvalue weighted by molar-refractivity contribution is -0.385. The lowest BCUT2D eigenvalue weighted by Gasteiger charge is -2.16. The van der Waals surface area contributed by atoms with Crippen molar-refractivity contribution in [3.8, 4) is 0 Å². The average Bonchev–Trinajstić information content (AvgIpc) is 2.86. The summed E-state index contributed by atoms with van der Waals surface area (Å²) in [5, 5.41) is 15.2. The summed E-state index contributed by atoms with van der Waals surface area (Å²) < 4.78 is 2.63. The van der Waals surface area contributed by atoms with E-state index in [9.17, 15) is 14.9 Å². The molecule has 0 fully saturated rings. The maximum Gasteiger partial charge on any atom is 0.272 e. The smallest absolute Gasteiger partial charge is 0.272 e. The summed E-state index contributed by atoms with van der Waals surface area (Å²) in [6.45, 7) is 4.70. The molecule has 0 saturated carbocycles. The molecule has 0 N–H and O–H groups in total. The van der Waals surface area contributed by atoms with E-state index in [1.54, 1.807) is 18.7 Å². The molecule has 1 aromatic carbocycles. The van der Waals surface area contributed by atoms with Gasteiger partial charge in [0.25, 0.3) is 11.6 Å². The van der Waals surface area contributed by atoms with Crippen LogP contribution in [0.15, 0.2) is 28.9 Å². The number of aryl methyl sites for hydroxylation is 2. The largest absolute Gasteiger partial charge is 0.336 e. The van der Waals surface area contributed by atoms with Crippen LogP contribution in [0.25, 0.3) is 0 Å². The molecular formula is C15H17BrN4O3. The molecule has 23 heavy (non-hydrogen) atoms. The van der Waals surface area contributed by atoms with Gasteiger partial charge in [-0.2, -0.15) is 5.10 Å². The quantitative estimate of drug-likeness (QED) is 0.589. The summed E-state index contributed by atoms with van der Waals surface area (Å²) in [5.74, 6) is -0.207. The number of nitrogens with zero attached hydrogens (tertiary/aromatic N) is 4. The van der Waals surface area contributed by atoms with Gasteiger partial charge in [-0.3, -0.25) is 19.6 Å². The van der Waals surface area contributed by atoms with Crippen LogP contribution in [0.5, 0.6) is 0 Å². The van der Waals surface area contributed by atoms with Crippen LogP contribution >= 0.6 is 15.9 Å². The van der Waals surface area contributed by atoms with Crippen molar-refractivity contribution in [1.82, 2.24) is 14.7 Å². The van der Waals surface area contributed by atoms with E-state index in [0.29, 0.717) is 17.7 Å².